The number of rotatable bonds is 6. The van der Waals surface area contributed by atoms with E-state index in [0.717, 1.165) is 41.6 Å². The molecule has 200 valence electrons. The Bertz CT molecular complexity index is 1470. The van der Waals surface area contributed by atoms with Crippen molar-refractivity contribution in [2.45, 2.75) is 32.2 Å². The molecule has 1 heterocycles. The quantitative estimate of drug-likeness (QED) is 0.0719. The van der Waals surface area contributed by atoms with Crippen molar-refractivity contribution in [3.8, 4) is 11.3 Å². The van der Waals surface area contributed by atoms with E-state index in [0.29, 0.717) is 22.7 Å². The van der Waals surface area contributed by atoms with Crippen molar-refractivity contribution >= 4 is 28.2 Å². The van der Waals surface area contributed by atoms with Crippen LogP contribution in [0.3, 0.4) is 0 Å². The van der Waals surface area contributed by atoms with E-state index in [1.807, 2.05) is 6.07 Å². The Hall–Kier alpha value is -2.96. The number of hydrogen-bond acceptors (Lipinski definition) is 3. The third kappa shape index (κ3) is 7.55. The summed E-state index contributed by atoms with van der Waals surface area (Å²) in [6.45, 7) is 6.25. The van der Waals surface area contributed by atoms with Gasteiger partial charge in [0.25, 0.3) is 0 Å². The molecule has 0 aliphatic heterocycles. The minimum atomic E-state index is -0.830. The Labute approximate surface area is 237 Å². The van der Waals surface area contributed by atoms with Crippen LogP contribution in [0, 0.1) is 40.8 Å². The minimum absolute atomic E-state index is 0. The van der Waals surface area contributed by atoms with Crippen molar-refractivity contribution in [1.29, 1.82) is 0 Å². The van der Waals surface area contributed by atoms with Crippen LogP contribution in [0.1, 0.15) is 31.9 Å². The maximum absolute atomic E-state index is 14.3. The summed E-state index contributed by atoms with van der Waals surface area (Å²) in [4.78, 5) is 4.38. The average molecular weight is 716 g/mol. The zero-order valence-corrected chi connectivity index (χ0v) is 23.7. The zero-order valence-electron chi connectivity index (χ0n) is 20.6. The molecule has 0 spiro atoms. The summed E-state index contributed by atoms with van der Waals surface area (Å²) in [6.07, 6.45) is 0.711. The van der Waals surface area contributed by atoms with Gasteiger partial charge in [0.15, 0.2) is 0 Å². The van der Waals surface area contributed by atoms with Crippen molar-refractivity contribution in [1.82, 2.24) is 4.98 Å². The van der Waals surface area contributed by atoms with Gasteiger partial charge in [-0.05, 0) is 46.5 Å². The smallest absolute Gasteiger partial charge is 0.0884 e. The molecule has 9 heteroatoms. The van der Waals surface area contributed by atoms with Crippen molar-refractivity contribution in [3.63, 3.8) is 0 Å². The summed E-state index contributed by atoms with van der Waals surface area (Å²) < 4.78 is 55.2. The van der Waals surface area contributed by atoms with Gasteiger partial charge in [0.05, 0.1) is 5.03 Å². The van der Waals surface area contributed by atoms with E-state index in [-0.39, 0.29) is 48.5 Å². The van der Waals surface area contributed by atoms with E-state index in [9.17, 15) is 23.0 Å². The fraction of sp³-hybridized carbons (Fsp3) is 0.172. The first-order valence-corrected chi connectivity index (χ1v) is 12.2. The molecule has 0 saturated carbocycles. The van der Waals surface area contributed by atoms with Crippen LogP contribution in [-0.2, 0) is 27.5 Å². The van der Waals surface area contributed by atoms with Gasteiger partial charge in [-0.2, -0.15) is 6.07 Å². The summed E-state index contributed by atoms with van der Waals surface area (Å²) >= 11 is 0.919. The summed E-state index contributed by atoms with van der Waals surface area (Å²) in [6, 6.07) is 18.8. The zero-order chi connectivity index (χ0) is 26.7. The first-order valence-electron chi connectivity index (χ1n) is 11.3. The number of pyridine rings is 1. The molecule has 3 aromatic carbocycles. The van der Waals surface area contributed by atoms with Gasteiger partial charge in [-0.15, -0.1) is 29.3 Å². The molecule has 4 rings (SSSR count). The molecule has 1 N–H and O–H groups in total. The minimum Gasteiger partial charge on any atom is -0.797 e. The maximum atomic E-state index is 14.3. The van der Waals surface area contributed by atoms with Gasteiger partial charge < -0.3 is 10.7 Å². The molecule has 0 radical (unpaired) electrons. The van der Waals surface area contributed by atoms with E-state index >= 15 is 0 Å². The predicted octanol–water partition coefficient (Wildman–Crippen LogP) is 8.34. The van der Waals surface area contributed by atoms with Gasteiger partial charge >= 0.3 is 0 Å². The topological polar surface area (TPSA) is 47.2 Å². The molecule has 4 aromatic rings. The fourth-order valence-corrected chi connectivity index (χ4v) is 4.45. The fourth-order valence-electron chi connectivity index (χ4n) is 3.68. The van der Waals surface area contributed by atoms with Crippen LogP contribution in [-0.4, -0.2) is 10.0 Å². The van der Waals surface area contributed by atoms with Gasteiger partial charge in [-0.3, -0.25) is 22.5 Å². The molecule has 0 aliphatic rings. The Morgan fingerprint density at radius 3 is 2.29 bits per heavy atom. The van der Waals surface area contributed by atoms with Crippen LogP contribution in [0.5, 0.6) is 0 Å². The maximum Gasteiger partial charge on any atom is 0.0884 e. The standard InChI is InChI=1S/C29H22F4N3S.Pt/c1-29(2,3)16-17-7-11-25(35-26-12-9-19(31)15-23(26)33)21(13-17)28(34)37-27-6-4-5-24(36-27)20-10-8-18(30)14-22(20)32;/h4-9,11,13-15,35H,16H2,1-3H3;/q-3;. The van der Waals surface area contributed by atoms with E-state index in [1.54, 1.807) is 30.3 Å². The SMILES string of the molecule is CC(C)(C)Cc1ccc(Nc2[c-]cc(F)cc2F)c(C(=[N-])Sc2cccc(-c3[c-]cc(F)cc3F)n2)c1.[Pt]. The number of aromatic nitrogens is 1. The van der Waals surface area contributed by atoms with Crippen LogP contribution in [0.15, 0.2) is 65.7 Å². The van der Waals surface area contributed by atoms with Gasteiger partial charge in [-0.25, -0.2) is 0 Å². The molecule has 1 aromatic heterocycles. The first kappa shape index (κ1) is 29.6. The van der Waals surface area contributed by atoms with E-state index in [4.69, 9.17) is 0 Å². The van der Waals surface area contributed by atoms with Crippen LogP contribution in [0.2, 0.25) is 0 Å². The van der Waals surface area contributed by atoms with Crippen molar-refractivity contribution in [2.75, 3.05) is 5.32 Å². The predicted molar refractivity (Wildman–Crippen MR) is 140 cm³/mol. The number of anilines is 2. The number of hydrogen-bond donors (Lipinski definition) is 1. The van der Waals surface area contributed by atoms with Crippen molar-refractivity contribution in [2.24, 2.45) is 5.41 Å². The number of thioether (sulfide) groups is 1. The molecule has 0 fully saturated rings. The Morgan fingerprint density at radius 2 is 1.63 bits per heavy atom. The summed E-state index contributed by atoms with van der Waals surface area (Å²) in [5.74, 6) is -3.14. The molecule has 0 aliphatic carbocycles. The molecule has 0 bridgehead atoms. The van der Waals surface area contributed by atoms with Gasteiger partial charge in [0.1, 0.15) is 0 Å². The molecule has 0 unspecified atom stereocenters. The van der Waals surface area contributed by atoms with E-state index in [2.05, 4.69) is 43.2 Å². The summed E-state index contributed by atoms with van der Waals surface area (Å²) in [7, 11) is 0. The van der Waals surface area contributed by atoms with Gasteiger partial charge in [0.2, 0.25) is 0 Å². The Balaban J connectivity index is 0.00000400. The number of halogens is 4. The number of nitrogens with zero attached hydrogens (tertiary/aromatic N) is 2. The van der Waals surface area contributed by atoms with Crippen molar-refractivity contribution in [3.05, 3.63) is 113 Å². The molecule has 0 amide bonds. The normalized spacial score (nSPS) is 11.1. The van der Waals surface area contributed by atoms with E-state index < -0.39 is 23.3 Å². The summed E-state index contributed by atoms with van der Waals surface area (Å²) in [5, 5.41) is 14.2. The average Bonchev–Trinajstić information content (AvgIpc) is 2.81. The van der Waals surface area contributed by atoms with Crippen LogP contribution in [0.4, 0.5) is 28.9 Å². The number of nitrogens with one attached hydrogen (secondary N) is 1. The largest absolute Gasteiger partial charge is 0.797 e. The second-order valence-electron chi connectivity index (χ2n) is 9.59. The second-order valence-corrected chi connectivity index (χ2v) is 10.6. The van der Waals surface area contributed by atoms with Crippen LogP contribution >= 0.6 is 11.8 Å². The van der Waals surface area contributed by atoms with Gasteiger partial charge in [0, 0.05) is 50.0 Å². The Morgan fingerprint density at radius 1 is 0.947 bits per heavy atom. The molecule has 0 saturated heterocycles. The monoisotopic (exact) mass is 715 g/mol. The third-order valence-corrected chi connectivity index (χ3v) is 6.05. The number of benzene rings is 3. The van der Waals surface area contributed by atoms with Gasteiger partial charge in [-0.1, -0.05) is 68.4 Å². The third-order valence-electron chi connectivity index (χ3n) is 5.21. The molecular weight excluding hydrogens is 693 g/mol. The molecular formula is C29H22F4N3PtS-3. The first-order chi connectivity index (χ1) is 17.5. The Kier molecular flexibility index (Phi) is 9.55. The van der Waals surface area contributed by atoms with Crippen LogP contribution < -0.4 is 5.32 Å². The van der Waals surface area contributed by atoms with Crippen LogP contribution in [0.25, 0.3) is 16.7 Å². The van der Waals surface area contributed by atoms with Crippen molar-refractivity contribution < 1.29 is 38.6 Å². The molecule has 38 heavy (non-hydrogen) atoms. The van der Waals surface area contributed by atoms with E-state index in [1.165, 1.54) is 0 Å². The summed E-state index contributed by atoms with van der Waals surface area (Å²) in [5.41, 5.74) is 1.80. The second kappa shape index (κ2) is 12.3. The molecule has 3 nitrogen and oxygen atoms in total. The molecule has 0 atom stereocenters.